The van der Waals surface area contributed by atoms with Gasteiger partial charge in [-0.2, -0.15) is 0 Å². The van der Waals surface area contributed by atoms with E-state index in [4.69, 9.17) is 0 Å². The molecule has 0 bridgehead atoms. The Labute approximate surface area is 189 Å². The van der Waals surface area contributed by atoms with Crippen molar-refractivity contribution < 1.29 is 13.2 Å². The third-order valence-electron chi connectivity index (χ3n) is 5.50. The van der Waals surface area contributed by atoms with Crippen LogP contribution in [0.3, 0.4) is 0 Å². The predicted octanol–water partition coefficient (Wildman–Crippen LogP) is 3.83. The summed E-state index contributed by atoms with van der Waals surface area (Å²) >= 11 is 0. The molecule has 0 aliphatic heterocycles. The number of rotatable bonds is 10. The molecule has 1 fully saturated rings. The summed E-state index contributed by atoms with van der Waals surface area (Å²) in [4.78, 5) is 18.8. The molecule has 6 nitrogen and oxygen atoms in total. The Morgan fingerprint density at radius 1 is 1.06 bits per heavy atom. The zero-order valence-corrected chi connectivity index (χ0v) is 18.7. The summed E-state index contributed by atoms with van der Waals surface area (Å²) in [5.41, 5.74) is 2.36. The number of sulfone groups is 1. The number of nitrogens with zero attached hydrogens (tertiary/aromatic N) is 3. The first-order valence-corrected chi connectivity index (χ1v) is 12.4. The molecule has 0 unspecified atom stereocenters. The van der Waals surface area contributed by atoms with E-state index in [-0.39, 0.29) is 22.7 Å². The minimum absolute atomic E-state index is 0.0256. The van der Waals surface area contributed by atoms with Crippen molar-refractivity contribution in [2.75, 3.05) is 6.54 Å². The van der Waals surface area contributed by atoms with Crippen molar-refractivity contribution in [2.24, 2.45) is 5.92 Å². The van der Waals surface area contributed by atoms with E-state index >= 15 is 0 Å². The highest BCUT2D eigenvalue weighted by Crippen LogP contribution is 2.31. The summed E-state index contributed by atoms with van der Waals surface area (Å²) in [5.74, 6) is 0.0315. The van der Waals surface area contributed by atoms with Crippen molar-refractivity contribution >= 4 is 15.7 Å². The van der Waals surface area contributed by atoms with Crippen LogP contribution in [0.4, 0.5) is 0 Å². The molecule has 32 heavy (non-hydrogen) atoms. The van der Waals surface area contributed by atoms with Gasteiger partial charge in [-0.25, -0.2) is 13.4 Å². The van der Waals surface area contributed by atoms with Crippen molar-refractivity contribution in [1.29, 1.82) is 0 Å². The summed E-state index contributed by atoms with van der Waals surface area (Å²) in [7, 11) is -3.69. The maximum Gasteiger partial charge on any atom is 0.228 e. The largest absolute Gasteiger partial charge is 0.333 e. The van der Waals surface area contributed by atoms with Crippen LogP contribution < -0.4 is 0 Å². The number of hydrogen-bond donors (Lipinski definition) is 0. The number of carbonyl (C=O) groups is 1. The van der Waals surface area contributed by atoms with Gasteiger partial charge in [-0.3, -0.25) is 4.79 Å². The van der Waals surface area contributed by atoms with Crippen LogP contribution in [0.5, 0.6) is 0 Å². The first kappa shape index (κ1) is 22.0. The Kier molecular flexibility index (Phi) is 6.55. The molecule has 0 N–H and O–H groups in total. The van der Waals surface area contributed by atoms with Crippen molar-refractivity contribution in [3.05, 3.63) is 96.3 Å². The Bertz CT molecular complexity index is 1180. The third kappa shape index (κ3) is 5.16. The molecule has 7 heteroatoms. The number of imidazole rings is 1. The van der Waals surface area contributed by atoms with Gasteiger partial charge in [0.1, 0.15) is 0 Å². The van der Waals surface area contributed by atoms with Crippen LogP contribution in [-0.4, -0.2) is 35.3 Å². The summed E-state index contributed by atoms with van der Waals surface area (Å²) in [6.07, 6.45) is 5.10. The van der Waals surface area contributed by atoms with Gasteiger partial charge in [-0.1, -0.05) is 66.7 Å². The molecular formula is C25H27N3O3S. The molecule has 3 aromatic rings. The minimum atomic E-state index is -3.69. The number of amides is 1. The van der Waals surface area contributed by atoms with Crippen molar-refractivity contribution in [1.82, 2.24) is 14.5 Å². The van der Waals surface area contributed by atoms with Gasteiger partial charge >= 0.3 is 0 Å². The normalized spacial score (nSPS) is 13.6. The molecular weight excluding hydrogens is 422 g/mol. The summed E-state index contributed by atoms with van der Waals surface area (Å²) < 4.78 is 28.3. The van der Waals surface area contributed by atoms with E-state index in [0.29, 0.717) is 30.9 Å². The monoisotopic (exact) mass is 449 g/mol. The lowest BCUT2D eigenvalue weighted by Gasteiger charge is -2.22. The van der Waals surface area contributed by atoms with Gasteiger partial charge in [0.15, 0.2) is 0 Å². The van der Waals surface area contributed by atoms with Crippen LogP contribution in [0.15, 0.2) is 84.7 Å². The molecule has 166 valence electrons. The van der Waals surface area contributed by atoms with Gasteiger partial charge in [-0.15, -0.1) is 6.58 Å². The summed E-state index contributed by atoms with van der Waals surface area (Å²) in [6.45, 7) is 4.84. The van der Waals surface area contributed by atoms with E-state index in [1.807, 2.05) is 48.5 Å². The van der Waals surface area contributed by atoms with E-state index < -0.39 is 9.84 Å². The minimum Gasteiger partial charge on any atom is -0.333 e. The van der Waals surface area contributed by atoms with E-state index in [2.05, 4.69) is 11.6 Å². The Balaban J connectivity index is 1.69. The molecule has 0 radical (unpaired) electrons. The maximum absolute atomic E-state index is 13.3. The molecule has 1 aromatic heterocycles. The highest BCUT2D eigenvalue weighted by molar-refractivity contribution is 7.90. The fourth-order valence-electron chi connectivity index (χ4n) is 3.73. The molecule has 2 aromatic carbocycles. The average Bonchev–Trinajstić information content (AvgIpc) is 3.56. The highest BCUT2D eigenvalue weighted by Gasteiger charge is 2.34. The summed E-state index contributed by atoms with van der Waals surface area (Å²) in [6, 6.07) is 18.8. The molecule has 0 spiro atoms. The van der Waals surface area contributed by atoms with Crippen LogP contribution in [0.1, 0.15) is 29.7 Å². The number of hydrogen-bond acceptors (Lipinski definition) is 4. The lowest BCUT2D eigenvalue weighted by atomic mass is 10.2. The van der Waals surface area contributed by atoms with Crippen LogP contribution in [0, 0.1) is 5.92 Å². The van der Waals surface area contributed by atoms with Crippen LogP contribution in [0.25, 0.3) is 0 Å². The molecule has 1 aliphatic rings. The lowest BCUT2D eigenvalue weighted by molar-refractivity contribution is -0.132. The number of carbonyl (C=O) groups excluding carboxylic acids is 1. The van der Waals surface area contributed by atoms with Gasteiger partial charge in [-0.05, 0) is 24.0 Å². The Morgan fingerprint density at radius 3 is 2.28 bits per heavy atom. The summed E-state index contributed by atoms with van der Waals surface area (Å²) in [5, 5.41) is 0.0256. The molecule has 1 heterocycles. The fourth-order valence-corrected chi connectivity index (χ4v) is 5.22. The smallest absolute Gasteiger partial charge is 0.228 e. The number of aromatic nitrogens is 2. The lowest BCUT2D eigenvalue weighted by Crippen LogP contribution is -2.33. The van der Waals surface area contributed by atoms with E-state index in [9.17, 15) is 13.2 Å². The third-order valence-corrected chi connectivity index (χ3v) is 7.10. The molecule has 1 saturated carbocycles. The average molecular weight is 450 g/mol. The first-order valence-electron chi connectivity index (χ1n) is 10.7. The SMILES string of the molecule is C=CCN(Cc1cnc(S(=O)(=O)Cc2ccccc2)n1Cc1ccccc1)C(=O)C1CC1. The van der Waals surface area contributed by atoms with E-state index in [0.717, 1.165) is 18.4 Å². The van der Waals surface area contributed by atoms with Gasteiger partial charge in [0, 0.05) is 12.5 Å². The van der Waals surface area contributed by atoms with Gasteiger partial charge in [0.25, 0.3) is 0 Å². The van der Waals surface area contributed by atoms with Crippen molar-refractivity contribution in [3.8, 4) is 0 Å². The molecule has 1 amide bonds. The van der Waals surface area contributed by atoms with Crippen molar-refractivity contribution in [2.45, 2.75) is 36.8 Å². The molecule has 4 rings (SSSR count). The zero-order chi connectivity index (χ0) is 22.6. The van der Waals surface area contributed by atoms with Crippen LogP contribution >= 0.6 is 0 Å². The fraction of sp³-hybridized carbons (Fsp3) is 0.280. The van der Waals surface area contributed by atoms with Crippen molar-refractivity contribution in [3.63, 3.8) is 0 Å². The van der Waals surface area contributed by atoms with E-state index in [1.54, 1.807) is 33.9 Å². The first-order chi connectivity index (χ1) is 15.5. The second-order valence-electron chi connectivity index (χ2n) is 8.13. The van der Waals surface area contributed by atoms with Crippen LogP contribution in [-0.2, 0) is 33.5 Å². The zero-order valence-electron chi connectivity index (χ0n) is 17.9. The predicted molar refractivity (Wildman–Crippen MR) is 123 cm³/mol. The standard InChI is InChI=1S/C25H27N3O3S/c1-2-15-27(24(29)22-13-14-22)18-23-16-26-25(28(23)17-20-9-5-3-6-10-20)32(30,31)19-21-11-7-4-8-12-21/h2-12,16,22H,1,13-15,17-19H2. The van der Waals surface area contributed by atoms with Crippen LogP contribution in [0.2, 0.25) is 0 Å². The van der Waals surface area contributed by atoms with Gasteiger partial charge in [0.05, 0.1) is 30.7 Å². The second kappa shape index (κ2) is 9.53. The van der Waals surface area contributed by atoms with Gasteiger partial charge in [0.2, 0.25) is 20.9 Å². The Morgan fingerprint density at radius 2 is 1.69 bits per heavy atom. The number of benzene rings is 2. The molecule has 0 saturated heterocycles. The molecule has 0 atom stereocenters. The van der Waals surface area contributed by atoms with Gasteiger partial charge < -0.3 is 9.47 Å². The molecule has 1 aliphatic carbocycles. The maximum atomic E-state index is 13.3. The van der Waals surface area contributed by atoms with E-state index in [1.165, 1.54) is 0 Å². The topological polar surface area (TPSA) is 72.3 Å². The highest BCUT2D eigenvalue weighted by atomic mass is 32.2. The quantitative estimate of drug-likeness (QED) is 0.441. The second-order valence-corrected chi connectivity index (χ2v) is 10.0. The Hall–Kier alpha value is -3.19.